The summed E-state index contributed by atoms with van der Waals surface area (Å²) in [7, 11) is 0. The van der Waals surface area contributed by atoms with E-state index in [0.29, 0.717) is 12.0 Å². The number of carboxylic acids is 1. The lowest BCUT2D eigenvalue weighted by Crippen LogP contribution is -2.11. The maximum Gasteiger partial charge on any atom is 0.310 e. The summed E-state index contributed by atoms with van der Waals surface area (Å²) in [6.07, 6.45) is 2.16. The molecule has 0 spiro atoms. The molecule has 1 aliphatic rings. The van der Waals surface area contributed by atoms with Crippen LogP contribution in [-0.2, 0) is 9.59 Å². The van der Waals surface area contributed by atoms with E-state index >= 15 is 0 Å². The Labute approximate surface area is 105 Å². The second kappa shape index (κ2) is 4.88. The standard InChI is InChI=1S/C14H15FO3/c1-8(14(17)18)10-6-5-9(7-12(10)15)11-3-2-4-13(11)16/h5-8,11H,2-4H2,1H3,(H,17,18). The quantitative estimate of drug-likeness (QED) is 0.897. The molecule has 2 atom stereocenters. The van der Waals surface area contributed by atoms with Crippen LogP contribution in [0.5, 0.6) is 0 Å². The molecule has 0 heterocycles. The van der Waals surface area contributed by atoms with E-state index in [4.69, 9.17) is 5.11 Å². The van der Waals surface area contributed by atoms with E-state index in [1.807, 2.05) is 0 Å². The lowest BCUT2D eigenvalue weighted by Gasteiger charge is -2.12. The minimum atomic E-state index is -1.06. The first kappa shape index (κ1) is 12.7. The monoisotopic (exact) mass is 250 g/mol. The third-order valence-electron chi connectivity index (χ3n) is 3.57. The van der Waals surface area contributed by atoms with Crippen LogP contribution >= 0.6 is 0 Å². The number of carbonyl (C=O) groups excluding carboxylic acids is 1. The number of halogens is 1. The van der Waals surface area contributed by atoms with Gasteiger partial charge in [0.1, 0.15) is 11.6 Å². The largest absolute Gasteiger partial charge is 0.481 e. The molecule has 0 radical (unpaired) electrons. The summed E-state index contributed by atoms with van der Waals surface area (Å²) in [6, 6.07) is 4.46. The average Bonchev–Trinajstić information content (AvgIpc) is 2.74. The Morgan fingerprint density at radius 2 is 2.22 bits per heavy atom. The van der Waals surface area contributed by atoms with Crippen LogP contribution in [0, 0.1) is 5.82 Å². The van der Waals surface area contributed by atoms with Crippen molar-refractivity contribution < 1.29 is 19.1 Å². The summed E-state index contributed by atoms with van der Waals surface area (Å²) in [5.41, 5.74) is 0.827. The van der Waals surface area contributed by atoms with Gasteiger partial charge in [-0.15, -0.1) is 0 Å². The number of benzene rings is 1. The van der Waals surface area contributed by atoms with Crippen molar-refractivity contribution >= 4 is 11.8 Å². The number of rotatable bonds is 3. The van der Waals surface area contributed by atoms with Gasteiger partial charge in [-0.1, -0.05) is 12.1 Å². The van der Waals surface area contributed by atoms with Gasteiger partial charge >= 0.3 is 5.97 Å². The summed E-state index contributed by atoms with van der Waals surface area (Å²) in [5, 5.41) is 8.86. The first-order valence-corrected chi connectivity index (χ1v) is 6.05. The molecule has 1 saturated carbocycles. The van der Waals surface area contributed by atoms with Crippen molar-refractivity contribution in [3.8, 4) is 0 Å². The lowest BCUT2D eigenvalue weighted by molar-refractivity contribution is -0.138. The van der Waals surface area contributed by atoms with Gasteiger partial charge in [0, 0.05) is 17.9 Å². The first-order valence-electron chi connectivity index (χ1n) is 6.05. The fourth-order valence-corrected chi connectivity index (χ4v) is 2.41. The number of ketones is 1. The van der Waals surface area contributed by atoms with Gasteiger partial charge in [-0.25, -0.2) is 4.39 Å². The van der Waals surface area contributed by atoms with Gasteiger partial charge in [0.25, 0.3) is 0 Å². The molecule has 1 aromatic rings. The summed E-state index contributed by atoms with van der Waals surface area (Å²) in [5.74, 6) is -2.54. The van der Waals surface area contributed by atoms with Crippen molar-refractivity contribution in [2.24, 2.45) is 0 Å². The normalized spacial score (nSPS) is 21.0. The number of carbonyl (C=O) groups is 2. The highest BCUT2D eigenvalue weighted by Gasteiger charge is 2.27. The second-order valence-corrected chi connectivity index (χ2v) is 4.75. The molecular weight excluding hydrogens is 235 g/mol. The van der Waals surface area contributed by atoms with Crippen LogP contribution in [0.4, 0.5) is 4.39 Å². The Kier molecular flexibility index (Phi) is 3.45. The summed E-state index contributed by atoms with van der Waals surface area (Å²) in [4.78, 5) is 22.4. The fourth-order valence-electron chi connectivity index (χ4n) is 2.41. The molecule has 0 bridgehead atoms. The number of hydrogen-bond acceptors (Lipinski definition) is 2. The molecule has 0 saturated heterocycles. The smallest absolute Gasteiger partial charge is 0.310 e. The Morgan fingerprint density at radius 3 is 2.72 bits per heavy atom. The molecule has 2 unspecified atom stereocenters. The van der Waals surface area contributed by atoms with Gasteiger partial charge < -0.3 is 5.11 Å². The van der Waals surface area contributed by atoms with Crippen molar-refractivity contribution in [2.75, 3.05) is 0 Å². The van der Waals surface area contributed by atoms with Crippen molar-refractivity contribution in [1.82, 2.24) is 0 Å². The summed E-state index contributed by atoms with van der Waals surface area (Å²) < 4.78 is 13.9. The predicted octanol–water partition coefficient (Wildman–Crippen LogP) is 2.85. The molecule has 1 aliphatic carbocycles. The third kappa shape index (κ3) is 2.28. The van der Waals surface area contributed by atoms with Crippen LogP contribution in [0.15, 0.2) is 18.2 Å². The summed E-state index contributed by atoms with van der Waals surface area (Å²) >= 11 is 0. The minimum absolute atomic E-state index is 0.147. The molecule has 0 aliphatic heterocycles. The molecular formula is C14H15FO3. The zero-order valence-electron chi connectivity index (χ0n) is 10.1. The Bertz CT molecular complexity index is 496. The van der Waals surface area contributed by atoms with Gasteiger partial charge in [-0.2, -0.15) is 0 Å². The van der Waals surface area contributed by atoms with Crippen LogP contribution in [-0.4, -0.2) is 16.9 Å². The molecule has 3 nitrogen and oxygen atoms in total. The van der Waals surface area contributed by atoms with Gasteiger partial charge in [0.2, 0.25) is 0 Å². The SMILES string of the molecule is CC(C(=O)O)c1ccc(C2CCCC2=O)cc1F. The molecule has 1 fully saturated rings. The van der Waals surface area contributed by atoms with Crippen molar-refractivity contribution in [2.45, 2.75) is 38.0 Å². The molecule has 0 amide bonds. The number of aliphatic carboxylic acids is 1. The second-order valence-electron chi connectivity index (χ2n) is 4.75. The Hall–Kier alpha value is -1.71. The fraction of sp³-hybridized carbons (Fsp3) is 0.429. The number of carboxylic acid groups (broad SMARTS) is 1. The van der Waals surface area contributed by atoms with Crippen LogP contribution in [0.3, 0.4) is 0 Å². The van der Waals surface area contributed by atoms with E-state index in [2.05, 4.69) is 0 Å². The van der Waals surface area contributed by atoms with Gasteiger partial charge in [0.05, 0.1) is 5.92 Å². The number of Topliss-reactive ketones (excluding diaryl/α,β-unsaturated/α-hetero) is 1. The van der Waals surface area contributed by atoms with E-state index in [9.17, 15) is 14.0 Å². The topological polar surface area (TPSA) is 54.4 Å². The van der Waals surface area contributed by atoms with Crippen LogP contribution in [0.25, 0.3) is 0 Å². The maximum atomic E-state index is 13.9. The minimum Gasteiger partial charge on any atom is -0.481 e. The van der Waals surface area contributed by atoms with Gasteiger partial charge in [-0.05, 0) is 31.4 Å². The average molecular weight is 250 g/mol. The van der Waals surface area contributed by atoms with Crippen molar-refractivity contribution in [1.29, 1.82) is 0 Å². The van der Waals surface area contributed by atoms with Crippen molar-refractivity contribution in [3.05, 3.63) is 35.1 Å². The van der Waals surface area contributed by atoms with E-state index in [1.165, 1.54) is 19.1 Å². The molecule has 18 heavy (non-hydrogen) atoms. The van der Waals surface area contributed by atoms with E-state index in [-0.39, 0.29) is 17.3 Å². The zero-order chi connectivity index (χ0) is 13.3. The molecule has 1 N–H and O–H groups in total. The predicted molar refractivity (Wildman–Crippen MR) is 64.0 cm³/mol. The number of hydrogen-bond donors (Lipinski definition) is 1. The van der Waals surface area contributed by atoms with E-state index < -0.39 is 17.7 Å². The summed E-state index contributed by atoms with van der Waals surface area (Å²) in [6.45, 7) is 1.45. The van der Waals surface area contributed by atoms with Crippen LogP contribution < -0.4 is 0 Å². The molecule has 4 heteroatoms. The first-order chi connectivity index (χ1) is 8.50. The van der Waals surface area contributed by atoms with Crippen molar-refractivity contribution in [3.63, 3.8) is 0 Å². The van der Waals surface area contributed by atoms with Crippen LogP contribution in [0.1, 0.15) is 49.1 Å². The van der Waals surface area contributed by atoms with E-state index in [1.54, 1.807) is 6.07 Å². The maximum absolute atomic E-state index is 13.9. The molecule has 1 aromatic carbocycles. The highest BCUT2D eigenvalue weighted by Crippen LogP contribution is 2.32. The van der Waals surface area contributed by atoms with E-state index in [0.717, 1.165) is 12.8 Å². The highest BCUT2D eigenvalue weighted by atomic mass is 19.1. The zero-order valence-corrected chi connectivity index (χ0v) is 10.1. The Morgan fingerprint density at radius 1 is 1.50 bits per heavy atom. The van der Waals surface area contributed by atoms with Crippen LogP contribution in [0.2, 0.25) is 0 Å². The van der Waals surface area contributed by atoms with Gasteiger partial charge in [-0.3, -0.25) is 9.59 Å². The molecule has 2 rings (SSSR count). The third-order valence-corrected chi connectivity index (χ3v) is 3.57. The van der Waals surface area contributed by atoms with Gasteiger partial charge in [0.15, 0.2) is 0 Å². The Balaban J connectivity index is 2.30. The molecule has 96 valence electrons. The lowest BCUT2D eigenvalue weighted by atomic mass is 9.92. The molecule has 0 aromatic heterocycles. The highest BCUT2D eigenvalue weighted by molar-refractivity contribution is 5.87.